The zero-order valence-electron chi connectivity index (χ0n) is 13.1. The van der Waals surface area contributed by atoms with Crippen molar-refractivity contribution < 1.29 is 0 Å². The molecule has 0 spiro atoms. The van der Waals surface area contributed by atoms with Crippen LogP contribution in [0.3, 0.4) is 0 Å². The number of anilines is 1. The van der Waals surface area contributed by atoms with E-state index < -0.39 is 0 Å². The third kappa shape index (κ3) is 5.42. The average molecular weight is 337 g/mol. The first-order valence-corrected chi connectivity index (χ1v) is 8.56. The lowest BCUT2D eigenvalue weighted by Gasteiger charge is -2.30. The fourth-order valence-electron chi connectivity index (χ4n) is 2.73. The van der Waals surface area contributed by atoms with Crippen molar-refractivity contribution in [2.75, 3.05) is 5.32 Å². The number of benzene rings is 1. The third-order valence-corrected chi connectivity index (χ3v) is 4.42. The van der Waals surface area contributed by atoms with Gasteiger partial charge in [-0.2, -0.15) is 0 Å². The van der Waals surface area contributed by atoms with Crippen LogP contribution in [0.2, 0.25) is 0 Å². The van der Waals surface area contributed by atoms with E-state index in [1.54, 1.807) is 0 Å². The van der Waals surface area contributed by atoms with Gasteiger partial charge in [0.2, 0.25) is 0 Å². The van der Waals surface area contributed by atoms with E-state index in [4.69, 9.17) is 24.4 Å². The Morgan fingerprint density at radius 1 is 1.09 bits per heavy atom. The number of nitrogens with one attached hydrogen (secondary N) is 4. The molecule has 2 atom stereocenters. The summed E-state index contributed by atoms with van der Waals surface area (Å²) < 4.78 is 0. The Kier molecular flexibility index (Phi) is 6.39. The van der Waals surface area contributed by atoms with Crippen molar-refractivity contribution in [3.8, 4) is 0 Å². The number of hydrogen-bond donors (Lipinski definition) is 4. The number of hydrazine groups is 1. The first-order chi connectivity index (χ1) is 10.5. The summed E-state index contributed by atoms with van der Waals surface area (Å²) in [6, 6.07) is 8.50. The predicted molar refractivity (Wildman–Crippen MR) is 101 cm³/mol. The number of aryl methyl sites for hydroxylation is 1. The Morgan fingerprint density at radius 3 is 2.55 bits per heavy atom. The van der Waals surface area contributed by atoms with Crippen LogP contribution in [0.1, 0.15) is 38.2 Å². The minimum Gasteiger partial charge on any atom is -0.358 e. The normalized spacial score (nSPS) is 20.8. The maximum absolute atomic E-state index is 5.32. The summed E-state index contributed by atoms with van der Waals surface area (Å²) in [6.07, 6.45) is 5.03. The molecule has 0 unspecified atom stereocenters. The van der Waals surface area contributed by atoms with Crippen LogP contribution in [-0.4, -0.2) is 16.3 Å². The van der Waals surface area contributed by atoms with Crippen LogP contribution in [0, 0.1) is 12.8 Å². The van der Waals surface area contributed by atoms with Crippen molar-refractivity contribution in [1.29, 1.82) is 0 Å². The molecule has 1 saturated carbocycles. The predicted octanol–water partition coefficient (Wildman–Crippen LogP) is 3.24. The van der Waals surface area contributed by atoms with Crippen molar-refractivity contribution in [2.45, 2.75) is 45.6 Å². The van der Waals surface area contributed by atoms with Gasteiger partial charge in [0, 0.05) is 11.7 Å². The molecule has 0 bridgehead atoms. The largest absolute Gasteiger partial charge is 0.358 e. The van der Waals surface area contributed by atoms with Crippen molar-refractivity contribution in [2.24, 2.45) is 5.92 Å². The van der Waals surface area contributed by atoms with Crippen molar-refractivity contribution in [3.05, 3.63) is 29.8 Å². The lowest BCUT2D eigenvalue weighted by Crippen LogP contribution is -2.52. The highest BCUT2D eigenvalue weighted by Gasteiger charge is 2.21. The van der Waals surface area contributed by atoms with E-state index >= 15 is 0 Å². The van der Waals surface area contributed by atoms with Crippen LogP contribution in [0.25, 0.3) is 0 Å². The molecule has 1 aromatic carbocycles. The maximum Gasteiger partial charge on any atom is 0.189 e. The van der Waals surface area contributed by atoms with E-state index in [0.29, 0.717) is 22.2 Å². The Morgan fingerprint density at radius 2 is 1.82 bits per heavy atom. The second-order valence-corrected chi connectivity index (χ2v) is 6.73. The highest BCUT2D eigenvalue weighted by Crippen LogP contribution is 2.23. The Bertz CT molecular complexity index is 533. The molecule has 0 aromatic heterocycles. The van der Waals surface area contributed by atoms with Gasteiger partial charge in [-0.25, -0.2) is 0 Å². The molecule has 0 amide bonds. The first-order valence-electron chi connectivity index (χ1n) is 7.75. The zero-order chi connectivity index (χ0) is 15.9. The number of hydrogen-bond acceptors (Lipinski definition) is 2. The minimum atomic E-state index is 0.453. The maximum atomic E-state index is 5.32. The van der Waals surface area contributed by atoms with Crippen molar-refractivity contribution in [3.63, 3.8) is 0 Å². The molecule has 6 heteroatoms. The molecule has 0 heterocycles. The monoisotopic (exact) mass is 336 g/mol. The molecule has 22 heavy (non-hydrogen) atoms. The quantitative estimate of drug-likeness (QED) is 0.491. The van der Waals surface area contributed by atoms with Gasteiger partial charge in [-0.1, -0.05) is 31.9 Å². The average Bonchev–Trinajstić information content (AvgIpc) is 2.48. The molecular weight excluding hydrogens is 312 g/mol. The SMILES string of the molecule is Cc1cccc(NC(=S)NNC(=S)N[C@H]2CCCC[C@H]2C)c1. The van der Waals surface area contributed by atoms with Gasteiger partial charge in [-0.15, -0.1) is 0 Å². The molecule has 1 fully saturated rings. The summed E-state index contributed by atoms with van der Waals surface area (Å²) in [5.41, 5.74) is 8.02. The molecule has 0 radical (unpaired) electrons. The number of rotatable bonds is 2. The van der Waals surface area contributed by atoms with Crippen LogP contribution in [0.5, 0.6) is 0 Å². The molecule has 4 nitrogen and oxygen atoms in total. The van der Waals surface area contributed by atoms with E-state index in [9.17, 15) is 0 Å². The molecule has 4 N–H and O–H groups in total. The van der Waals surface area contributed by atoms with Crippen molar-refractivity contribution >= 4 is 40.3 Å². The topological polar surface area (TPSA) is 48.1 Å². The van der Waals surface area contributed by atoms with Gasteiger partial charge >= 0.3 is 0 Å². The van der Waals surface area contributed by atoms with E-state index in [1.807, 2.05) is 31.2 Å². The summed E-state index contributed by atoms with van der Waals surface area (Å²) in [5, 5.41) is 7.57. The lowest BCUT2D eigenvalue weighted by molar-refractivity contribution is 0.308. The molecule has 0 aliphatic heterocycles. The minimum absolute atomic E-state index is 0.453. The van der Waals surface area contributed by atoms with Gasteiger partial charge in [0.05, 0.1) is 0 Å². The smallest absolute Gasteiger partial charge is 0.189 e. The highest BCUT2D eigenvalue weighted by atomic mass is 32.1. The Hall–Kier alpha value is -1.40. The molecule has 1 aliphatic carbocycles. The Labute approximate surface area is 143 Å². The van der Waals surface area contributed by atoms with E-state index in [2.05, 4.69) is 28.4 Å². The van der Waals surface area contributed by atoms with Gasteiger partial charge in [0.25, 0.3) is 0 Å². The second-order valence-electron chi connectivity index (χ2n) is 5.92. The molecule has 1 aliphatic rings. The summed E-state index contributed by atoms with van der Waals surface area (Å²) >= 11 is 10.6. The number of thiocarbonyl (C=S) groups is 2. The van der Waals surface area contributed by atoms with Crippen LogP contribution < -0.4 is 21.5 Å². The van der Waals surface area contributed by atoms with Gasteiger partial charge in [0.15, 0.2) is 10.2 Å². The van der Waals surface area contributed by atoms with Gasteiger partial charge in [0.1, 0.15) is 0 Å². The zero-order valence-corrected chi connectivity index (χ0v) is 14.7. The summed E-state index contributed by atoms with van der Waals surface area (Å²) in [6.45, 7) is 4.32. The fraction of sp³-hybridized carbons (Fsp3) is 0.500. The van der Waals surface area contributed by atoms with Gasteiger partial charge < -0.3 is 10.6 Å². The Balaban J connectivity index is 1.72. The van der Waals surface area contributed by atoms with Crippen LogP contribution in [0.15, 0.2) is 24.3 Å². The van der Waals surface area contributed by atoms with E-state index in [1.165, 1.54) is 31.2 Å². The molecule has 2 rings (SSSR count). The molecule has 120 valence electrons. The summed E-state index contributed by atoms with van der Waals surface area (Å²) in [4.78, 5) is 0. The molecule has 0 saturated heterocycles. The van der Waals surface area contributed by atoms with E-state index in [-0.39, 0.29) is 0 Å². The fourth-order valence-corrected chi connectivity index (χ4v) is 3.11. The van der Waals surface area contributed by atoms with E-state index in [0.717, 1.165) is 5.69 Å². The van der Waals surface area contributed by atoms with Crippen molar-refractivity contribution in [1.82, 2.24) is 16.2 Å². The lowest BCUT2D eigenvalue weighted by atomic mass is 9.86. The van der Waals surface area contributed by atoms with Crippen LogP contribution in [-0.2, 0) is 0 Å². The summed E-state index contributed by atoms with van der Waals surface area (Å²) in [5.74, 6) is 0.658. The van der Waals surface area contributed by atoms with Crippen LogP contribution >= 0.6 is 24.4 Å². The second kappa shape index (κ2) is 8.29. The van der Waals surface area contributed by atoms with Gasteiger partial charge in [-0.05, 0) is 67.8 Å². The molecule has 1 aromatic rings. The third-order valence-electron chi connectivity index (χ3n) is 3.99. The highest BCUT2D eigenvalue weighted by molar-refractivity contribution is 7.80. The first kappa shape index (κ1) is 17.0. The van der Waals surface area contributed by atoms with Crippen LogP contribution in [0.4, 0.5) is 5.69 Å². The molecular formula is C16H24N4S2. The summed E-state index contributed by atoms with van der Waals surface area (Å²) in [7, 11) is 0. The van der Waals surface area contributed by atoms with Gasteiger partial charge in [-0.3, -0.25) is 10.9 Å². The standard InChI is InChI=1S/C16H24N4S2/c1-11-6-5-8-13(10-11)17-15(21)19-20-16(22)18-14-9-4-3-7-12(14)2/h5-6,8,10,12,14H,3-4,7,9H2,1-2H3,(H2,17,19,21)(H2,18,20,22)/t12-,14+/m1/s1.